The van der Waals surface area contributed by atoms with Gasteiger partial charge in [0, 0.05) is 12.5 Å². The van der Waals surface area contributed by atoms with Crippen molar-refractivity contribution in [3.05, 3.63) is 35.9 Å². The first kappa shape index (κ1) is 24.5. The van der Waals surface area contributed by atoms with Crippen molar-refractivity contribution in [2.45, 2.75) is 84.8 Å². The van der Waals surface area contributed by atoms with Crippen molar-refractivity contribution in [2.75, 3.05) is 6.54 Å². The molecule has 1 fully saturated rings. The minimum absolute atomic E-state index is 0.0397. The lowest BCUT2D eigenvalue weighted by Gasteiger charge is -2.29. The molecule has 1 aromatic rings. The van der Waals surface area contributed by atoms with Crippen LogP contribution in [0.15, 0.2) is 30.3 Å². The highest BCUT2D eigenvalue weighted by molar-refractivity contribution is 5.91. The van der Waals surface area contributed by atoms with Gasteiger partial charge in [-0.05, 0) is 30.7 Å². The molecule has 5 nitrogen and oxygen atoms in total. The fourth-order valence-electron chi connectivity index (χ4n) is 4.12. The number of hydrogen-bond acceptors (Lipinski definition) is 4. The van der Waals surface area contributed by atoms with Gasteiger partial charge in [-0.15, -0.1) is 0 Å². The van der Waals surface area contributed by atoms with E-state index in [1.807, 2.05) is 44.2 Å². The van der Waals surface area contributed by atoms with Crippen LogP contribution in [0.2, 0.25) is 0 Å². The second-order valence-electron chi connectivity index (χ2n) is 8.93. The molecule has 1 aromatic carbocycles. The summed E-state index contributed by atoms with van der Waals surface area (Å²) in [5.74, 6) is 0.175. The number of ketones is 1. The van der Waals surface area contributed by atoms with Crippen LogP contribution >= 0.6 is 0 Å². The van der Waals surface area contributed by atoms with Crippen molar-refractivity contribution in [3.8, 4) is 0 Å². The molecule has 2 atom stereocenters. The van der Waals surface area contributed by atoms with Crippen molar-refractivity contribution in [1.29, 1.82) is 0 Å². The van der Waals surface area contributed by atoms with E-state index in [9.17, 15) is 9.59 Å². The second-order valence-corrected chi connectivity index (χ2v) is 8.93. The van der Waals surface area contributed by atoms with E-state index >= 15 is 0 Å². The zero-order chi connectivity index (χ0) is 21.8. The number of carbonyl (C=O) groups excluding carboxylic acids is 2. The monoisotopic (exact) mass is 416 g/mol. The van der Waals surface area contributed by atoms with Gasteiger partial charge in [0.1, 0.15) is 0 Å². The minimum Gasteiger partial charge on any atom is -0.346 e. The van der Waals surface area contributed by atoms with E-state index in [-0.39, 0.29) is 29.4 Å². The molecule has 1 saturated carbocycles. The van der Waals surface area contributed by atoms with Crippen LogP contribution in [0.1, 0.15) is 77.7 Å². The Bertz CT molecular complexity index is 627. The van der Waals surface area contributed by atoms with Crippen LogP contribution in [0.5, 0.6) is 0 Å². The standard InChI is InChI=1S/C25H40N2O3/c1-4-5-14-22(17-26-30-18-20-12-8-6-9-13-20)25(29)27-23(19(2)3)24(28)21-15-10-7-11-16-21/h6,8-9,12-13,19,21-23,26H,4-5,7,10-11,14-18H2,1-3H3,(H,27,29)/t22-,23+/m1/s1. The van der Waals surface area contributed by atoms with E-state index in [1.165, 1.54) is 6.42 Å². The Morgan fingerprint density at radius 3 is 2.43 bits per heavy atom. The van der Waals surface area contributed by atoms with Gasteiger partial charge >= 0.3 is 0 Å². The van der Waals surface area contributed by atoms with Crippen LogP contribution in [0.4, 0.5) is 0 Å². The number of amides is 1. The number of hydrogen-bond donors (Lipinski definition) is 2. The third kappa shape index (κ3) is 8.19. The summed E-state index contributed by atoms with van der Waals surface area (Å²) < 4.78 is 0. The summed E-state index contributed by atoms with van der Waals surface area (Å²) in [7, 11) is 0. The highest BCUT2D eigenvalue weighted by atomic mass is 16.6. The van der Waals surface area contributed by atoms with Gasteiger partial charge in [0.2, 0.25) is 5.91 Å². The molecule has 0 aromatic heterocycles. The van der Waals surface area contributed by atoms with Crippen molar-refractivity contribution < 1.29 is 14.4 Å². The molecule has 0 aliphatic heterocycles. The van der Waals surface area contributed by atoms with Gasteiger partial charge in [-0.2, -0.15) is 0 Å². The summed E-state index contributed by atoms with van der Waals surface area (Å²) in [6.45, 7) is 7.07. The molecule has 0 unspecified atom stereocenters. The molecule has 1 aliphatic rings. The minimum atomic E-state index is -0.394. The quantitative estimate of drug-likeness (QED) is 0.358. The maximum absolute atomic E-state index is 13.1. The number of nitrogens with one attached hydrogen (secondary N) is 2. The number of benzene rings is 1. The van der Waals surface area contributed by atoms with Crippen molar-refractivity contribution >= 4 is 11.7 Å². The number of carbonyl (C=O) groups is 2. The Morgan fingerprint density at radius 2 is 1.80 bits per heavy atom. The lowest BCUT2D eigenvalue weighted by molar-refractivity contribution is -0.134. The average molecular weight is 417 g/mol. The third-order valence-electron chi connectivity index (χ3n) is 6.07. The zero-order valence-electron chi connectivity index (χ0n) is 19.0. The number of Topliss-reactive ketones (excluding diaryl/α,β-unsaturated/α-hetero) is 1. The topological polar surface area (TPSA) is 67.4 Å². The number of rotatable bonds is 13. The van der Waals surface area contributed by atoms with E-state index < -0.39 is 6.04 Å². The summed E-state index contributed by atoms with van der Waals surface area (Å²) in [4.78, 5) is 31.7. The second kappa shape index (κ2) is 13.6. The van der Waals surface area contributed by atoms with Crippen LogP contribution in [-0.4, -0.2) is 24.3 Å². The number of unbranched alkanes of at least 4 members (excludes halogenated alkanes) is 1. The molecule has 168 valence electrons. The molecule has 30 heavy (non-hydrogen) atoms. The first-order chi connectivity index (χ1) is 14.5. The molecular formula is C25H40N2O3. The maximum atomic E-state index is 13.1. The lowest BCUT2D eigenvalue weighted by Crippen LogP contribution is -2.50. The Hall–Kier alpha value is -1.72. The van der Waals surface area contributed by atoms with Crippen molar-refractivity contribution in [3.63, 3.8) is 0 Å². The van der Waals surface area contributed by atoms with Gasteiger partial charge in [-0.1, -0.05) is 83.2 Å². The van der Waals surface area contributed by atoms with Crippen molar-refractivity contribution in [1.82, 2.24) is 10.8 Å². The Balaban J connectivity index is 1.89. The summed E-state index contributed by atoms with van der Waals surface area (Å²) in [5.41, 5.74) is 4.05. The summed E-state index contributed by atoms with van der Waals surface area (Å²) in [6, 6.07) is 9.55. The molecule has 5 heteroatoms. The maximum Gasteiger partial charge on any atom is 0.225 e. The molecule has 0 saturated heterocycles. The fraction of sp³-hybridized carbons (Fsp3) is 0.680. The zero-order valence-corrected chi connectivity index (χ0v) is 19.0. The van der Waals surface area contributed by atoms with Crippen LogP contribution in [0.25, 0.3) is 0 Å². The molecule has 2 N–H and O–H groups in total. The van der Waals surface area contributed by atoms with Gasteiger partial charge in [0.05, 0.1) is 18.6 Å². The molecule has 1 aliphatic carbocycles. The van der Waals surface area contributed by atoms with E-state index in [2.05, 4.69) is 17.7 Å². The molecule has 0 bridgehead atoms. The number of hydroxylamine groups is 1. The average Bonchev–Trinajstić information content (AvgIpc) is 2.77. The van der Waals surface area contributed by atoms with E-state index in [0.29, 0.717) is 13.2 Å². The smallest absolute Gasteiger partial charge is 0.225 e. The Kier molecular flexibility index (Phi) is 11.1. The molecule has 1 amide bonds. The van der Waals surface area contributed by atoms with Gasteiger partial charge in [-0.3, -0.25) is 14.4 Å². The molecule has 0 radical (unpaired) electrons. The van der Waals surface area contributed by atoms with Crippen LogP contribution < -0.4 is 10.8 Å². The van der Waals surface area contributed by atoms with Gasteiger partial charge in [-0.25, -0.2) is 5.48 Å². The highest BCUT2D eigenvalue weighted by Gasteiger charge is 2.32. The van der Waals surface area contributed by atoms with Gasteiger partial charge in [0.25, 0.3) is 0 Å². The summed E-state index contributed by atoms with van der Waals surface area (Å²) >= 11 is 0. The predicted molar refractivity (Wildman–Crippen MR) is 121 cm³/mol. The van der Waals surface area contributed by atoms with Gasteiger partial charge < -0.3 is 5.32 Å². The third-order valence-corrected chi connectivity index (χ3v) is 6.07. The molecule has 0 heterocycles. The SMILES string of the molecule is CCCC[C@H](CNOCc1ccccc1)C(=O)N[C@H](C(=O)C1CCCCC1)C(C)C. The Morgan fingerprint density at radius 1 is 1.10 bits per heavy atom. The van der Waals surface area contributed by atoms with Crippen LogP contribution in [-0.2, 0) is 21.0 Å². The first-order valence-corrected chi connectivity index (χ1v) is 11.8. The normalized spacial score (nSPS) is 16.9. The van der Waals surface area contributed by atoms with Crippen molar-refractivity contribution in [2.24, 2.45) is 17.8 Å². The fourth-order valence-corrected chi connectivity index (χ4v) is 4.12. The highest BCUT2D eigenvalue weighted by Crippen LogP contribution is 2.27. The van der Waals surface area contributed by atoms with Gasteiger partial charge in [0.15, 0.2) is 5.78 Å². The van der Waals surface area contributed by atoms with E-state index in [4.69, 9.17) is 4.84 Å². The predicted octanol–water partition coefficient (Wildman–Crippen LogP) is 4.80. The van der Waals surface area contributed by atoms with Crippen LogP contribution in [0.3, 0.4) is 0 Å². The van der Waals surface area contributed by atoms with Crippen LogP contribution in [0, 0.1) is 17.8 Å². The molecular weight excluding hydrogens is 376 g/mol. The molecule has 0 spiro atoms. The summed E-state index contributed by atoms with van der Waals surface area (Å²) in [6.07, 6.45) is 8.18. The largest absolute Gasteiger partial charge is 0.346 e. The Labute approximate surface area is 182 Å². The van der Waals surface area contributed by atoms with E-state index in [1.54, 1.807) is 0 Å². The molecule has 2 rings (SSSR count). The lowest BCUT2D eigenvalue weighted by atomic mass is 9.81. The van der Waals surface area contributed by atoms with E-state index in [0.717, 1.165) is 50.5 Å². The first-order valence-electron chi connectivity index (χ1n) is 11.8. The summed E-state index contributed by atoms with van der Waals surface area (Å²) in [5, 5.41) is 3.10.